The van der Waals surface area contributed by atoms with Crippen molar-refractivity contribution in [3.63, 3.8) is 0 Å². The molecule has 2 aromatic heterocycles. The highest BCUT2D eigenvalue weighted by Gasteiger charge is 2.65. The molecule has 348 valence electrons. The van der Waals surface area contributed by atoms with Crippen molar-refractivity contribution < 1.29 is 42.1 Å². The number of allylic oxidation sites excluding steroid dienone is 2. The third kappa shape index (κ3) is 10.4. The van der Waals surface area contributed by atoms with Gasteiger partial charge in [-0.2, -0.15) is 0 Å². The van der Waals surface area contributed by atoms with Crippen LogP contribution in [-0.2, 0) is 25.1 Å². The number of nitrogens with zero attached hydrogens (tertiary/aromatic N) is 3. The molecule has 1 saturated heterocycles. The number of nitrogens with one attached hydrogen (secondary N) is 1. The molecule has 2 aromatic carbocycles. The van der Waals surface area contributed by atoms with Crippen LogP contribution in [0.1, 0.15) is 109 Å². The van der Waals surface area contributed by atoms with Crippen molar-refractivity contribution in [3.05, 3.63) is 76.2 Å². The first-order valence-corrected chi connectivity index (χ1v) is 26.1. The number of methoxy groups -OCH3 is 1. The minimum atomic E-state index is -4.47. The second-order valence-corrected chi connectivity index (χ2v) is 22.6. The molecule has 16 heteroatoms. The highest BCUT2D eigenvalue weighted by molar-refractivity contribution is 7.59. The van der Waals surface area contributed by atoms with Gasteiger partial charge >= 0.3 is 0 Å². The third-order valence-corrected chi connectivity index (χ3v) is 17.7. The van der Waals surface area contributed by atoms with Gasteiger partial charge in [-0.25, -0.2) is 18.7 Å². The molecule has 4 aromatic rings. The molecule has 3 fully saturated rings. The van der Waals surface area contributed by atoms with Gasteiger partial charge in [0.1, 0.15) is 45.7 Å². The minimum Gasteiger partial charge on any atom is -0.495 e. The van der Waals surface area contributed by atoms with E-state index in [9.17, 15) is 27.8 Å². The van der Waals surface area contributed by atoms with Crippen LogP contribution in [0, 0.1) is 29.4 Å². The van der Waals surface area contributed by atoms with E-state index in [1.807, 2.05) is 31.4 Å². The van der Waals surface area contributed by atoms with E-state index in [-0.39, 0.29) is 55.0 Å². The Morgan fingerprint density at radius 3 is 2.52 bits per heavy atom. The molecule has 6 atom stereocenters. The van der Waals surface area contributed by atoms with Gasteiger partial charge < -0.3 is 24.6 Å². The fourth-order valence-corrected chi connectivity index (χ4v) is 13.9. The Balaban J connectivity index is 1.15. The van der Waals surface area contributed by atoms with Crippen LogP contribution in [-0.4, -0.2) is 74.2 Å². The second-order valence-electron chi connectivity index (χ2n) is 18.8. The van der Waals surface area contributed by atoms with Crippen LogP contribution in [0.3, 0.4) is 0 Å². The van der Waals surface area contributed by atoms with E-state index in [2.05, 4.69) is 5.32 Å². The number of thiazole rings is 1. The molecule has 2 aliphatic carbocycles. The number of ketones is 2. The van der Waals surface area contributed by atoms with Crippen LogP contribution >= 0.6 is 30.3 Å². The molecule has 2 aliphatic heterocycles. The molecule has 4 aliphatic rings. The number of carbonyl (C=O) groups excluding carboxylic acids is 3. The molecule has 8 rings (SSSR count). The quantitative estimate of drug-likeness (QED) is 0.0980. The highest BCUT2D eigenvalue weighted by atomic mass is 35.5. The topological polar surface area (TPSA) is 148 Å². The number of carbonyl (C=O) groups is 3. The maximum Gasteiger partial charge on any atom is 0.226 e. The van der Waals surface area contributed by atoms with Crippen molar-refractivity contribution in [1.82, 2.24) is 14.9 Å². The summed E-state index contributed by atoms with van der Waals surface area (Å²) in [5.41, 5.74) is 0.982. The van der Waals surface area contributed by atoms with Crippen LogP contribution in [0.25, 0.3) is 22.3 Å². The molecule has 0 radical (unpaired) electrons. The Bertz CT molecular complexity index is 2490. The Morgan fingerprint density at radius 2 is 1.78 bits per heavy atom. The van der Waals surface area contributed by atoms with E-state index in [0.29, 0.717) is 70.5 Å². The SMILES string of the molecule is COc1ccc2c(O[C@@H]3C[C@H]4C(=O)C[C@]5(P(=O)(O)Cc6c(F)cccc6F)C[C@@H]5/C=C\CCCCC[C@H](CC(=O)CC5CCCC5)C(=O)N4C3)cc(-c3csc(NC(C)C)n3)nc2c1Cl. The Labute approximate surface area is 388 Å². The van der Waals surface area contributed by atoms with Crippen LogP contribution in [0.4, 0.5) is 13.9 Å². The van der Waals surface area contributed by atoms with Gasteiger partial charge in [0.15, 0.2) is 10.9 Å². The summed E-state index contributed by atoms with van der Waals surface area (Å²) in [5, 5.41) is 5.26. The summed E-state index contributed by atoms with van der Waals surface area (Å²) in [7, 11) is -2.96. The molecule has 11 nitrogen and oxygen atoms in total. The number of anilines is 1. The molecular formula is C49H58ClF2N4O7PS. The molecule has 0 spiro atoms. The smallest absolute Gasteiger partial charge is 0.226 e. The number of hydrogen-bond donors (Lipinski definition) is 2. The van der Waals surface area contributed by atoms with Crippen molar-refractivity contribution in [1.29, 1.82) is 0 Å². The van der Waals surface area contributed by atoms with Crippen molar-refractivity contribution >= 4 is 63.8 Å². The van der Waals surface area contributed by atoms with E-state index in [1.165, 1.54) is 29.4 Å². The zero-order chi connectivity index (χ0) is 46.0. The predicted octanol–water partition coefficient (Wildman–Crippen LogP) is 11.3. The largest absolute Gasteiger partial charge is 0.495 e. The van der Waals surface area contributed by atoms with Gasteiger partial charge in [0, 0.05) is 60.0 Å². The highest BCUT2D eigenvalue weighted by Crippen LogP contribution is 2.74. The van der Waals surface area contributed by atoms with E-state index in [4.69, 9.17) is 31.0 Å². The standard InChI is InChI=1S/C49H58ClF2N4O7PS/c1-29(2)53-48-55-40(28-65-48)39-23-44(35-18-19-43(62-3)45(50)46(35)54-39)63-34-22-41-42(58)25-49(64(60,61)27-36-37(51)16-11-17-38(36)52)24-32(49)15-8-6-4-5-7-14-31(47(59)56(41)26-34)21-33(57)20-30-12-9-10-13-30/h8,11,15-19,23,28-32,34,41H,4-7,9-10,12-14,20-22,24-27H2,1-3H3,(H,53,55)(H,60,61)/b15-8-/t31-,32+,34-,41+,49-/m1/s1. The first-order valence-electron chi connectivity index (χ1n) is 23.0. The number of amides is 1. The van der Waals surface area contributed by atoms with E-state index in [1.54, 1.807) is 18.2 Å². The molecule has 2 saturated carbocycles. The van der Waals surface area contributed by atoms with Gasteiger partial charge in [-0.05, 0) is 75.6 Å². The monoisotopic (exact) mass is 950 g/mol. The van der Waals surface area contributed by atoms with E-state index in [0.717, 1.165) is 50.7 Å². The number of fused-ring (bicyclic) bond motifs is 3. The second kappa shape index (κ2) is 19.9. The molecule has 1 unspecified atom stereocenters. The Morgan fingerprint density at radius 1 is 1.03 bits per heavy atom. The van der Waals surface area contributed by atoms with Gasteiger partial charge in [0.05, 0.1) is 42.2 Å². The molecular weight excluding hydrogens is 893 g/mol. The fraction of sp³-hybridized carbons (Fsp3) is 0.531. The van der Waals surface area contributed by atoms with E-state index < -0.39 is 65.6 Å². The first kappa shape index (κ1) is 47.3. The van der Waals surface area contributed by atoms with Crippen LogP contribution in [0.5, 0.6) is 11.5 Å². The van der Waals surface area contributed by atoms with Gasteiger partial charge in [-0.1, -0.05) is 68.3 Å². The minimum absolute atomic E-state index is 0.0122. The number of pyridine rings is 1. The average molecular weight is 952 g/mol. The summed E-state index contributed by atoms with van der Waals surface area (Å²) in [6, 6.07) is 7.67. The summed E-state index contributed by atoms with van der Waals surface area (Å²) in [6.45, 7) is 4.05. The number of aromatic nitrogens is 2. The molecule has 4 heterocycles. The lowest BCUT2D eigenvalue weighted by Crippen LogP contribution is -2.45. The number of Topliss-reactive ketones (excluding diaryl/α,β-unsaturated/α-hetero) is 2. The maximum atomic E-state index is 15.0. The third-order valence-electron chi connectivity index (χ3n) is 13.8. The van der Waals surface area contributed by atoms with Crippen LogP contribution < -0.4 is 14.8 Å². The summed E-state index contributed by atoms with van der Waals surface area (Å²) < 4.78 is 56.9. The van der Waals surface area contributed by atoms with Crippen LogP contribution in [0.2, 0.25) is 5.02 Å². The summed E-state index contributed by atoms with van der Waals surface area (Å²) in [5.74, 6) is -2.58. The number of ether oxygens (including phenoxy) is 2. The fourth-order valence-electron chi connectivity index (χ4n) is 10.2. The summed E-state index contributed by atoms with van der Waals surface area (Å²) in [6.07, 6.45) is 10.4. The summed E-state index contributed by atoms with van der Waals surface area (Å²) in [4.78, 5) is 66.8. The lowest BCUT2D eigenvalue weighted by atomic mass is 9.89. The number of rotatable bonds is 13. The molecule has 65 heavy (non-hydrogen) atoms. The van der Waals surface area contributed by atoms with Crippen LogP contribution in [0.15, 0.2) is 53.9 Å². The first-order chi connectivity index (χ1) is 31.2. The van der Waals surface area contributed by atoms with Gasteiger partial charge in [-0.3, -0.25) is 18.9 Å². The van der Waals surface area contributed by atoms with E-state index >= 15 is 4.79 Å². The number of hydrogen-bond acceptors (Lipinski definition) is 10. The van der Waals surface area contributed by atoms with Gasteiger partial charge in [-0.15, -0.1) is 11.3 Å². The molecule has 0 bridgehead atoms. The maximum absolute atomic E-state index is 15.0. The Hall–Kier alpha value is -4.23. The van der Waals surface area contributed by atoms with Crippen molar-refractivity contribution in [3.8, 4) is 22.9 Å². The average Bonchev–Trinajstić information content (AvgIpc) is 3.68. The normalized spacial score (nSPS) is 25.7. The lowest BCUT2D eigenvalue weighted by Gasteiger charge is -2.30. The zero-order valence-electron chi connectivity index (χ0n) is 37.2. The molecule has 1 amide bonds. The van der Waals surface area contributed by atoms with Gasteiger partial charge in [0.2, 0.25) is 13.3 Å². The zero-order valence-corrected chi connectivity index (χ0v) is 39.7. The lowest BCUT2D eigenvalue weighted by molar-refractivity contribution is -0.142. The number of benzene rings is 2. The Kier molecular flexibility index (Phi) is 14.5. The van der Waals surface area contributed by atoms with Crippen molar-refractivity contribution in [2.75, 3.05) is 19.0 Å². The summed E-state index contributed by atoms with van der Waals surface area (Å²) >= 11 is 8.32. The molecule has 2 N–H and O–H groups in total. The number of halogens is 3. The van der Waals surface area contributed by atoms with Crippen molar-refractivity contribution in [2.45, 2.75) is 133 Å². The van der Waals surface area contributed by atoms with Gasteiger partial charge in [0.25, 0.3) is 0 Å². The van der Waals surface area contributed by atoms with Crippen molar-refractivity contribution in [2.24, 2.45) is 17.8 Å². The predicted molar refractivity (Wildman–Crippen MR) is 250 cm³/mol.